The Morgan fingerprint density at radius 3 is 2.75 bits per heavy atom. The van der Waals surface area contributed by atoms with Gasteiger partial charge in [0.1, 0.15) is 5.84 Å². The lowest BCUT2D eigenvalue weighted by Crippen LogP contribution is -2.21. The summed E-state index contributed by atoms with van der Waals surface area (Å²) in [4.78, 5) is 0. The minimum atomic E-state index is 0.308. The second-order valence-electron chi connectivity index (χ2n) is 3.76. The van der Waals surface area contributed by atoms with E-state index in [0.717, 1.165) is 45.6 Å². The molecule has 5 nitrogen and oxygen atoms in total. The zero-order chi connectivity index (χ0) is 12.1. The van der Waals surface area contributed by atoms with Crippen molar-refractivity contribution in [2.75, 3.05) is 26.3 Å². The number of nitrogens with zero attached hydrogens (tertiary/aromatic N) is 1. The summed E-state index contributed by atoms with van der Waals surface area (Å²) in [5.41, 5.74) is 5.34. The van der Waals surface area contributed by atoms with Gasteiger partial charge >= 0.3 is 0 Å². The number of ether oxygens (including phenoxy) is 1. The molecule has 0 radical (unpaired) electrons. The maximum absolute atomic E-state index is 8.31. The molecule has 0 saturated heterocycles. The molecule has 0 aromatic carbocycles. The molecule has 96 valence electrons. The van der Waals surface area contributed by atoms with Crippen molar-refractivity contribution in [3.63, 3.8) is 0 Å². The lowest BCUT2D eigenvalue weighted by atomic mass is 10.2. The van der Waals surface area contributed by atoms with Gasteiger partial charge in [0.25, 0.3) is 0 Å². The van der Waals surface area contributed by atoms with Crippen LogP contribution in [0.4, 0.5) is 0 Å². The van der Waals surface area contributed by atoms with Crippen molar-refractivity contribution in [2.45, 2.75) is 39.0 Å². The molecule has 5 heteroatoms. The Morgan fingerprint density at radius 1 is 1.25 bits per heavy atom. The zero-order valence-electron chi connectivity index (χ0n) is 10.2. The quantitative estimate of drug-likeness (QED) is 0.165. The molecule has 0 aliphatic heterocycles. The highest BCUT2D eigenvalue weighted by Crippen LogP contribution is 1.93. The fourth-order valence-electron chi connectivity index (χ4n) is 1.22. The maximum atomic E-state index is 8.31. The first kappa shape index (κ1) is 15.2. The SMILES string of the molecule is CCCCOCCNCCCCC(N)=NO. The fraction of sp³-hybridized carbons (Fsp3) is 0.909. The number of rotatable bonds is 11. The molecule has 0 aliphatic carbocycles. The molecule has 0 aliphatic rings. The highest BCUT2D eigenvalue weighted by Gasteiger charge is 1.93. The van der Waals surface area contributed by atoms with Crippen LogP contribution >= 0.6 is 0 Å². The van der Waals surface area contributed by atoms with Gasteiger partial charge in [-0.05, 0) is 25.8 Å². The van der Waals surface area contributed by atoms with E-state index in [1.807, 2.05) is 0 Å². The fourth-order valence-corrected chi connectivity index (χ4v) is 1.22. The van der Waals surface area contributed by atoms with E-state index in [1.54, 1.807) is 0 Å². The van der Waals surface area contributed by atoms with E-state index in [1.165, 1.54) is 6.42 Å². The lowest BCUT2D eigenvalue weighted by molar-refractivity contribution is 0.133. The van der Waals surface area contributed by atoms with Crippen LogP contribution in [0.15, 0.2) is 5.16 Å². The van der Waals surface area contributed by atoms with Crippen LogP contribution in [-0.4, -0.2) is 37.3 Å². The molecule has 0 saturated carbocycles. The molecule has 0 aromatic rings. The second-order valence-corrected chi connectivity index (χ2v) is 3.76. The van der Waals surface area contributed by atoms with Crippen LogP contribution < -0.4 is 11.1 Å². The van der Waals surface area contributed by atoms with E-state index in [4.69, 9.17) is 15.7 Å². The number of hydrogen-bond acceptors (Lipinski definition) is 4. The van der Waals surface area contributed by atoms with Gasteiger partial charge in [0.2, 0.25) is 0 Å². The molecular formula is C11H25N3O2. The summed E-state index contributed by atoms with van der Waals surface area (Å²) in [6.45, 7) is 5.65. The predicted octanol–water partition coefficient (Wildman–Crippen LogP) is 1.31. The van der Waals surface area contributed by atoms with Gasteiger partial charge in [-0.2, -0.15) is 0 Å². The Labute approximate surface area is 98.0 Å². The Morgan fingerprint density at radius 2 is 2.06 bits per heavy atom. The number of amidine groups is 1. The molecule has 0 amide bonds. The summed E-state index contributed by atoms with van der Waals surface area (Å²) < 4.78 is 5.40. The van der Waals surface area contributed by atoms with E-state index >= 15 is 0 Å². The number of nitrogens with two attached hydrogens (primary N) is 1. The molecule has 0 aromatic heterocycles. The third-order valence-corrected chi connectivity index (χ3v) is 2.23. The highest BCUT2D eigenvalue weighted by molar-refractivity contribution is 5.79. The van der Waals surface area contributed by atoms with Crippen molar-refractivity contribution in [1.29, 1.82) is 0 Å². The normalized spacial score (nSPS) is 11.9. The number of unbranched alkanes of at least 4 members (excludes halogenated alkanes) is 2. The molecule has 0 atom stereocenters. The summed E-state index contributed by atoms with van der Waals surface area (Å²) in [5, 5.41) is 14.5. The first-order chi connectivity index (χ1) is 7.81. The van der Waals surface area contributed by atoms with Crippen LogP contribution in [0.3, 0.4) is 0 Å². The standard InChI is InChI=1S/C11H25N3O2/c1-2-3-9-16-10-8-13-7-5-4-6-11(12)14-15/h13,15H,2-10H2,1H3,(H2,12,14). The first-order valence-electron chi connectivity index (χ1n) is 6.06. The minimum absolute atomic E-state index is 0.308. The van der Waals surface area contributed by atoms with E-state index in [2.05, 4.69) is 17.4 Å². The van der Waals surface area contributed by atoms with Gasteiger partial charge in [0.05, 0.1) is 6.61 Å². The summed E-state index contributed by atoms with van der Waals surface area (Å²) in [5.74, 6) is 0.308. The molecule has 0 spiro atoms. The minimum Gasteiger partial charge on any atom is -0.409 e. The summed E-state index contributed by atoms with van der Waals surface area (Å²) in [6.07, 6.45) is 4.96. The van der Waals surface area contributed by atoms with Gasteiger partial charge < -0.3 is 21.0 Å². The van der Waals surface area contributed by atoms with Gasteiger partial charge in [-0.3, -0.25) is 0 Å². The van der Waals surface area contributed by atoms with E-state index in [9.17, 15) is 0 Å². The molecule has 0 fully saturated rings. The first-order valence-corrected chi connectivity index (χ1v) is 6.06. The van der Waals surface area contributed by atoms with Crippen molar-refractivity contribution in [3.8, 4) is 0 Å². The monoisotopic (exact) mass is 231 g/mol. The van der Waals surface area contributed by atoms with Crippen molar-refractivity contribution in [3.05, 3.63) is 0 Å². The highest BCUT2D eigenvalue weighted by atomic mass is 16.5. The summed E-state index contributed by atoms with van der Waals surface area (Å²) in [7, 11) is 0. The third-order valence-electron chi connectivity index (χ3n) is 2.23. The van der Waals surface area contributed by atoms with E-state index in [0.29, 0.717) is 12.3 Å². The zero-order valence-corrected chi connectivity index (χ0v) is 10.2. The van der Waals surface area contributed by atoms with Gasteiger partial charge in [-0.1, -0.05) is 18.5 Å². The lowest BCUT2D eigenvalue weighted by Gasteiger charge is -2.05. The van der Waals surface area contributed by atoms with Gasteiger partial charge in [-0.25, -0.2) is 0 Å². The number of hydrogen-bond donors (Lipinski definition) is 3. The predicted molar refractivity (Wildman–Crippen MR) is 65.9 cm³/mol. The molecule has 0 bridgehead atoms. The third kappa shape index (κ3) is 11.3. The smallest absolute Gasteiger partial charge is 0.139 e. The molecule has 0 rings (SSSR count). The van der Waals surface area contributed by atoms with E-state index in [-0.39, 0.29) is 0 Å². The van der Waals surface area contributed by atoms with Gasteiger partial charge in [-0.15, -0.1) is 0 Å². The maximum Gasteiger partial charge on any atom is 0.139 e. The van der Waals surface area contributed by atoms with Crippen LogP contribution in [0.2, 0.25) is 0 Å². The summed E-state index contributed by atoms with van der Waals surface area (Å²) >= 11 is 0. The van der Waals surface area contributed by atoms with Crippen LogP contribution in [0.25, 0.3) is 0 Å². The Bertz CT molecular complexity index is 175. The average Bonchev–Trinajstić information content (AvgIpc) is 2.31. The van der Waals surface area contributed by atoms with Crippen molar-refractivity contribution in [1.82, 2.24) is 5.32 Å². The Kier molecular flexibility index (Phi) is 11.6. The Hall–Kier alpha value is -0.810. The molecule has 0 unspecified atom stereocenters. The largest absolute Gasteiger partial charge is 0.409 e. The molecule has 16 heavy (non-hydrogen) atoms. The van der Waals surface area contributed by atoms with Gasteiger partial charge in [0, 0.05) is 19.6 Å². The van der Waals surface area contributed by atoms with Crippen molar-refractivity contribution in [2.24, 2.45) is 10.9 Å². The van der Waals surface area contributed by atoms with E-state index < -0.39 is 0 Å². The van der Waals surface area contributed by atoms with Crippen molar-refractivity contribution >= 4 is 5.84 Å². The second kappa shape index (κ2) is 12.3. The molecule has 0 heterocycles. The van der Waals surface area contributed by atoms with Crippen LogP contribution in [0.1, 0.15) is 39.0 Å². The topological polar surface area (TPSA) is 79.9 Å². The molecular weight excluding hydrogens is 206 g/mol. The van der Waals surface area contributed by atoms with Gasteiger partial charge in [0.15, 0.2) is 0 Å². The van der Waals surface area contributed by atoms with Crippen LogP contribution in [0, 0.1) is 0 Å². The Balaban J connectivity index is 2.99. The van der Waals surface area contributed by atoms with Crippen molar-refractivity contribution < 1.29 is 9.94 Å². The summed E-state index contributed by atoms with van der Waals surface area (Å²) in [6, 6.07) is 0. The van der Waals surface area contributed by atoms with Crippen LogP contribution in [-0.2, 0) is 4.74 Å². The van der Waals surface area contributed by atoms with Crippen LogP contribution in [0.5, 0.6) is 0 Å². The number of nitrogens with one attached hydrogen (secondary N) is 1. The average molecular weight is 231 g/mol. The molecule has 4 N–H and O–H groups in total. The number of oxime groups is 1.